The van der Waals surface area contributed by atoms with Crippen molar-refractivity contribution in [1.82, 2.24) is 0 Å². The molecule has 0 amide bonds. The Hall–Kier alpha value is 0.476. The molecule has 0 nitrogen and oxygen atoms in total. The molecular weight excluding hydrogens is 131 g/mol. The molecule has 4 heavy (non-hydrogen) atoms. The first-order valence-corrected chi connectivity index (χ1v) is 5.25. The van der Waals surface area contributed by atoms with E-state index >= 15 is 0 Å². The Labute approximate surface area is 33.4 Å². The fourth-order valence-electron chi connectivity index (χ4n) is 0.0340. The van der Waals surface area contributed by atoms with E-state index < -0.39 is 0 Å². The van der Waals surface area contributed by atoms with Crippen molar-refractivity contribution in [1.29, 1.82) is 0 Å². The van der Waals surface area contributed by atoms with Gasteiger partial charge in [0.25, 0.3) is 0 Å². The van der Waals surface area contributed by atoms with Crippen molar-refractivity contribution in [2.45, 2.75) is 0 Å². The molecule has 1 aromatic rings. The first kappa shape index (κ1) is 2.70. The van der Waals surface area contributed by atoms with E-state index in [0.29, 0.717) is 0 Å². The summed E-state index contributed by atoms with van der Waals surface area (Å²) >= 11 is 3.00. The van der Waals surface area contributed by atoms with Crippen molar-refractivity contribution in [3.05, 3.63) is 11.4 Å². The van der Waals surface area contributed by atoms with Gasteiger partial charge in [-0.05, 0) is 0 Å². The molecule has 0 saturated carbocycles. The summed E-state index contributed by atoms with van der Waals surface area (Å²) in [6.07, 6.45) is 0. The van der Waals surface area contributed by atoms with E-state index in [4.69, 9.17) is 0 Å². The second-order valence-electron chi connectivity index (χ2n) is 0.736. The average Bonchev–Trinajstić information content (AvgIpc) is 1.75. The first-order chi connectivity index (χ1) is 1.89. The molecule has 2 heteroatoms. The van der Waals surface area contributed by atoms with Crippen LogP contribution in [0.15, 0.2) is 11.4 Å². The van der Waals surface area contributed by atoms with Gasteiger partial charge in [0.15, 0.2) is 0 Å². The molecule has 0 aliphatic rings. The molecule has 0 aliphatic carbocycles. The van der Waals surface area contributed by atoms with Gasteiger partial charge >= 0.3 is 32.8 Å². The Kier molecular flexibility index (Phi) is 0.480. The van der Waals surface area contributed by atoms with E-state index in [1.807, 2.05) is 0 Å². The van der Waals surface area contributed by atoms with Crippen molar-refractivity contribution in [2.75, 3.05) is 0 Å². The Morgan fingerprint density at radius 3 is 1.75 bits per heavy atom. The summed E-state index contributed by atoms with van der Waals surface area (Å²) in [4.78, 5) is 0. The van der Waals surface area contributed by atoms with E-state index in [9.17, 15) is 0 Å². The van der Waals surface area contributed by atoms with Crippen LogP contribution in [0.3, 0.4) is 0 Å². The summed E-state index contributed by atoms with van der Waals surface area (Å²) < 4.78 is 0. The minimum absolute atomic E-state index is 0.00463. The van der Waals surface area contributed by atoms with E-state index in [1.54, 1.807) is 0 Å². The van der Waals surface area contributed by atoms with Gasteiger partial charge < -0.3 is 0 Å². The van der Waals surface area contributed by atoms with Crippen molar-refractivity contribution >= 4 is 21.4 Å². The van der Waals surface area contributed by atoms with Crippen molar-refractivity contribution in [2.24, 2.45) is 0 Å². The molecule has 0 fully saturated rings. The maximum absolute atomic E-state index is 3.00. The number of rotatable bonds is 0. The summed E-state index contributed by atoms with van der Waals surface area (Å²) in [5.74, 6) is 0. The van der Waals surface area contributed by atoms with Crippen molar-refractivity contribution in [3.8, 4) is 0 Å². The molecule has 0 radical (unpaired) electrons. The van der Waals surface area contributed by atoms with Crippen LogP contribution in [0.4, 0.5) is 0 Å². The van der Waals surface area contributed by atoms with Gasteiger partial charge in [-0.25, -0.2) is 0 Å². The topological polar surface area (TPSA) is 0 Å². The quantitative estimate of drug-likeness (QED) is 0.430. The normalized spacial score (nSPS) is 9.00. The molecule has 0 aliphatic heterocycles. The van der Waals surface area contributed by atoms with Crippen LogP contribution < -0.4 is 0 Å². The molecule has 1 heterocycles. The zero-order chi connectivity index (χ0) is 2.99. The molecule has 0 bridgehead atoms. The SMILES string of the molecule is [Se]=[si]1cc1. The molecule has 0 unspecified atom stereocenters. The van der Waals surface area contributed by atoms with Gasteiger partial charge in [0.05, 0.1) is 0 Å². The van der Waals surface area contributed by atoms with Crippen LogP contribution in [0.1, 0.15) is 0 Å². The predicted octanol–water partition coefficient (Wildman–Crippen LogP) is -0.199. The van der Waals surface area contributed by atoms with Crippen LogP contribution in [0, 0.1) is 0 Å². The Bertz CT molecular complexity index is 94.8. The van der Waals surface area contributed by atoms with Gasteiger partial charge in [-0.3, -0.25) is 0 Å². The van der Waals surface area contributed by atoms with Gasteiger partial charge in [-0.1, -0.05) is 0 Å². The molecule has 20 valence electrons. The van der Waals surface area contributed by atoms with E-state index in [2.05, 4.69) is 26.2 Å². The van der Waals surface area contributed by atoms with Crippen molar-refractivity contribution < 1.29 is 0 Å². The van der Waals surface area contributed by atoms with Crippen molar-refractivity contribution in [3.63, 3.8) is 0 Å². The van der Waals surface area contributed by atoms with Crippen LogP contribution in [0.25, 0.3) is 0 Å². The van der Waals surface area contributed by atoms with Gasteiger partial charge in [-0.15, -0.1) is 0 Å². The van der Waals surface area contributed by atoms with Crippen LogP contribution in [0.2, 0.25) is 0 Å². The number of hydrogen-bond donors (Lipinski definition) is 0. The molecule has 0 saturated heterocycles. The van der Waals surface area contributed by atoms with E-state index in [0.717, 1.165) is 0 Å². The van der Waals surface area contributed by atoms with Gasteiger partial charge in [0.1, 0.15) is 0 Å². The fourth-order valence-corrected chi connectivity index (χ4v) is 1.59. The predicted molar refractivity (Wildman–Crippen MR) is 20.3 cm³/mol. The second kappa shape index (κ2) is 0.711. The summed E-state index contributed by atoms with van der Waals surface area (Å²) in [6, 6.07) is 0. The minimum atomic E-state index is -0.00463. The second-order valence-corrected chi connectivity index (χ2v) is 5.17. The fraction of sp³-hybridized carbons (Fsp3) is 0. The van der Waals surface area contributed by atoms with Gasteiger partial charge in [-0.2, -0.15) is 0 Å². The molecule has 0 N–H and O–H groups in total. The molecule has 1 rings (SSSR count). The van der Waals surface area contributed by atoms with Crippen LogP contribution in [-0.4, -0.2) is 21.4 Å². The molecular formula is C2H2SeSi. The third-order valence-electron chi connectivity index (χ3n) is 0.303. The molecule has 1 aromatic heterocycles. The standard InChI is InChI=1S/C2H2SeSi/c3-4-1-2-4/h1-2H. The third kappa shape index (κ3) is 0.447. The summed E-state index contributed by atoms with van der Waals surface area (Å²) in [5.41, 5.74) is 4.43. The zero-order valence-electron chi connectivity index (χ0n) is 2.06. The Morgan fingerprint density at radius 2 is 1.75 bits per heavy atom. The first-order valence-electron chi connectivity index (χ1n) is 1.11. The van der Waals surface area contributed by atoms with Crippen LogP contribution in [-0.2, 0) is 0 Å². The number of hydrogen-bond acceptors (Lipinski definition) is 0. The molecule has 0 atom stereocenters. The van der Waals surface area contributed by atoms with E-state index in [-0.39, 0.29) is 6.54 Å². The zero-order valence-corrected chi connectivity index (χ0v) is 4.78. The van der Waals surface area contributed by atoms with Crippen LogP contribution >= 0.6 is 0 Å². The van der Waals surface area contributed by atoms with Gasteiger partial charge in [0.2, 0.25) is 0 Å². The summed E-state index contributed by atoms with van der Waals surface area (Å²) in [5, 5.41) is 0. The average molecular weight is 133 g/mol. The third-order valence-corrected chi connectivity index (χ3v) is 2.62. The summed E-state index contributed by atoms with van der Waals surface area (Å²) in [7, 11) is 0. The monoisotopic (exact) mass is 134 g/mol. The Morgan fingerprint density at radius 1 is 1.50 bits per heavy atom. The Balaban J connectivity index is 3.55. The van der Waals surface area contributed by atoms with Gasteiger partial charge in [0, 0.05) is 0 Å². The van der Waals surface area contributed by atoms with E-state index in [1.165, 1.54) is 0 Å². The summed E-state index contributed by atoms with van der Waals surface area (Å²) in [6.45, 7) is -0.00463. The van der Waals surface area contributed by atoms with Crippen LogP contribution in [0.5, 0.6) is 0 Å². The maximum atomic E-state index is 3.00. The molecule has 0 aromatic carbocycles. The molecule has 0 spiro atoms.